The molecule has 8 heteroatoms. The number of halogens is 1. The molecule has 106 valence electrons. The third kappa shape index (κ3) is 3.27. The maximum absolute atomic E-state index is 5.67. The quantitative estimate of drug-likeness (QED) is 0.881. The normalized spacial score (nSPS) is 10.2. The Kier molecular flexibility index (Phi) is 4.23. The molecule has 0 radical (unpaired) electrons. The van der Waals surface area contributed by atoms with E-state index in [0.717, 1.165) is 15.9 Å². The van der Waals surface area contributed by atoms with Gasteiger partial charge in [0.2, 0.25) is 17.8 Å². The molecule has 0 amide bonds. The number of methoxy groups -OCH3 is 1. The summed E-state index contributed by atoms with van der Waals surface area (Å²) in [5.41, 5.74) is 6.48. The summed E-state index contributed by atoms with van der Waals surface area (Å²) in [5.74, 6) is 1.80. The fraction of sp³-hybridized carbons (Fsp3) is 0.250. The standard InChI is InChI=1S/C12H15BrN6O/c1-19(2)12-17-10(14)16-11(18-12)15-7-4-5-9(20-3)8(13)6-7/h4-6H,1-3H3,(H3,14,15,16,17,18). The summed E-state index contributed by atoms with van der Waals surface area (Å²) in [6.45, 7) is 0. The van der Waals surface area contributed by atoms with Crippen LogP contribution < -0.4 is 20.7 Å². The van der Waals surface area contributed by atoms with E-state index >= 15 is 0 Å². The number of aromatic nitrogens is 3. The summed E-state index contributed by atoms with van der Waals surface area (Å²) in [6.07, 6.45) is 0. The molecule has 2 aromatic rings. The first-order valence-corrected chi connectivity index (χ1v) is 6.58. The summed E-state index contributed by atoms with van der Waals surface area (Å²) in [5, 5.41) is 3.08. The van der Waals surface area contributed by atoms with Crippen LogP contribution in [0.3, 0.4) is 0 Å². The monoisotopic (exact) mass is 338 g/mol. The molecule has 1 aromatic carbocycles. The maximum atomic E-state index is 5.67. The van der Waals surface area contributed by atoms with Crippen LogP contribution in [0.25, 0.3) is 0 Å². The Morgan fingerprint density at radius 1 is 1.25 bits per heavy atom. The largest absolute Gasteiger partial charge is 0.496 e. The van der Waals surface area contributed by atoms with Crippen LogP contribution in [0.5, 0.6) is 5.75 Å². The number of nitrogens with two attached hydrogens (primary N) is 1. The van der Waals surface area contributed by atoms with Crippen molar-refractivity contribution in [1.82, 2.24) is 15.0 Å². The van der Waals surface area contributed by atoms with Crippen LogP contribution in [0.1, 0.15) is 0 Å². The Hall–Kier alpha value is -2.09. The van der Waals surface area contributed by atoms with Crippen LogP contribution in [-0.4, -0.2) is 36.2 Å². The van der Waals surface area contributed by atoms with Gasteiger partial charge in [-0.25, -0.2) is 0 Å². The third-order valence-corrected chi connectivity index (χ3v) is 3.07. The predicted octanol–water partition coefficient (Wildman–Crippen LogP) is 2.03. The summed E-state index contributed by atoms with van der Waals surface area (Å²) >= 11 is 3.42. The number of hydrogen-bond acceptors (Lipinski definition) is 7. The second-order valence-corrected chi connectivity index (χ2v) is 5.04. The van der Waals surface area contributed by atoms with Gasteiger partial charge in [0, 0.05) is 19.8 Å². The van der Waals surface area contributed by atoms with E-state index in [4.69, 9.17) is 10.5 Å². The van der Waals surface area contributed by atoms with Gasteiger partial charge >= 0.3 is 0 Å². The van der Waals surface area contributed by atoms with Gasteiger partial charge in [0.25, 0.3) is 0 Å². The van der Waals surface area contributed by atoms with Gasteiger partial charge in [-0.2, -0.15) is 15.0 Å². The van der Waals surface area contributed by atoms with Gasteiger partial charge in [-0.3, -0.25) is 0 Å². The van der Waals surface area contributed by atoms with Crippen LogP contribution in [0.4, 0.5) is 23.5 Å². The maximum Gasteiger partial charge on any atom is 0.233 e. The molecule has 7 nitrogen and oxygen atoms in total. The summed E-state index contributed by atoms with van der Waals surface area (Å²) in [6, 6.07) is 5.57. The number of nitrogens with one attached hydrogen (secondary N) is 1. The van der Waals surface area contributed by atoms with Crippen LogP contribution in [0, 0.1) is 0 Å². The number of nitrogen functional groups attached to an aromatic ring is 1. The first-order valence-electron chi connectivity index (χ1n) is 5.79. The van der Waals surface area contributed by atoms with Gasteiger partial charge < -0.3 is 20.7 Å². The van der Waals surface area contributed by atoms with Gasteiger partial charge in [-0.1, -0.05) is 0 Å². The van der Waals surface area contributed by atoms with Crippen molar-refractivity contribution in [3.8, 4) is 5.75 Å². The second kappa shape index (κ2) is 5.91. The Morgan fingerprint density at radius 3 is 2.60 bits per heavy atom. The average molecular weight is 339 g/mol. The fourth-order valence-electron chi connectivity index (χ4n) is 1.51. The Labute approximate surface area is 125 Å². The molecule has 0 aliphatic heterocycles. The minimum atomic E-state index is 0.166. The first-order chi connectivity index (χ1) is 9.49. The lowest BCUT2D eigenvalue weighted by Crippen LogP contribution is -2.15. The van der Waals surface area contributed by atoms with Crippen molar-refractivity contribution in [3.63, 3.8) is 0 Å². The zero-order chi connectivity index (χ0) is 14.7. The zero-order valence-corrected chi connectivity index (χ0v) is 13.0. The minimum Gasteiger partial charge on any atom is -0.496 e. The number of nitrogens with zero attached hydrogens (tertiary/aromatic N) is 4. The highest BCUT2D eigenvalue weighted by Gasteiger charge is 2.07. The Bertz CT molecular complexity index is 619. The predicted molar refractivity (Wildman–Crippen MR) is 82.5 cm³/mol. The summed E-state index contributed by atoms with van der Waals surface area (Å²) < 4.78 is 6.01. The van der Waals surface area contributed by atoms with Gasteiger partial charge in [0.15, 0.2) is 0 Å². The van der Waals surface area contributed by atoms with E-state index in [9.17, 15) is 0 Å². The summed E-state index contributed by atoms with van der Waals surface area (Å²) in [4.78, 5) is 14.1. The van der Waals surface area contributed by atoms with Crippen molar-refractivity contribution in [2.45, 2.75) is 0 Å². The summed E-state index contributed by atoms with van der Waals surface area (Å²) in [7, 11) is 5.29. The van der Waals surface area contributed by atoms with E-state index in [2.05, 4.69) is 36.2 Å². The Balaban J connectivity index is 2.27. The van der Waals surface area contributed by atoms with Crippen molar-refractivity contribution >= 4 is 39.5 Å². The lowest BCUT2D eigenvalue weighted by molar-refractivity contribution is 0.412. The number of hydrogen-bond donors (Lipinski definition) is 2. The van der Waals surface area contributed by atoms with Crippen molar-refractivity contribution in [3.05, 3.63) is 22.7 Å². The number of anilines is 4. The molecular formula is C12H15BrN6O. The van der Waals surface area contributed by atoms with Crippen LogP contribution in [-0.2, 0) is 0 Å². The molecule has 0 unspecified atom stereocenters. The molecule has 0 atom stereocenters. The molecule has 1 aromatic heterocycles. The second-order valence-electron chi connectivity index (χ2n) is 4.19. The van der Waals surface area contributed by atoms with E-state index in [0.29, 0.717) is 11.9 Å². The van der Waals surface area contributed by atoms with Crippen molar-refractivity contribution in [2.75, 3.05) is 37.2 Å². The molecular weight excluding hydrogens is 324 g/mol. The molecule has 1 heterocycles. The Morgan fingerprint density at radius 2 is 2.00 bits per heavy atom. The van der Waals surface area contributed by atoms with E-state index in [1.165, 1.54) is 0 Å². The molecule has 0 fully saturated rings. The average Bonchev–Trinajstić information content (AvgIpc) is 2.38. The van der Waals surface area contributed by atoms with Gasteiger partial charge in [-0.15, -0.1) is 0 Å². The highest BCUT2D eigenvalue weighted by Crippen LogP contribution is 2.28. The lowest BCUT2D eigenvalue weighted by Gasteiger charge is -2.12. The van der Waals surface area contributed by atoms with Crippen molar-refractivity contribution in [2.24, 2.45) is 0 Å². The first kappa shape index (κ1) is 14.3. The molecule has 0 saturated carbocycles. The van der Waals surface area contributed by atoms with E-state index in [1.54, 1.807) is 12.0 Å². The highest BCUT2D eigenvalue weighted by atomic mass is 79.9. The van der Waals surface area contributed by atoms with Crippen molar-refractivity contribution in [1.29, 1.82) is 0 Å². The molecule has 0 aliphatic rings. The number of benzene rings is 1. The smallest absolute Gasteiger partial charge is 0.233 e. The van der Waals surface area contributed by atoms with Crippen molar-refractivity contribution < 1.29 is 4.74 Å². The molecule has 0 spiro atoms. The van der Waals surface area contributed by atoms with Gasteiger partial charge in [0.1, 0.15) is 5.75 Å². The number of rotatable bonds is 4. The zero-order valence-electron chi connectivity index (χ0n) is 11.4. The number of ether oxygens (including phenoxy) is 1. The van der Waals surface area contributed by atoms with E-state index in [-0.39, 0.29) is 5.95 Å². The van der Waals surface area contributed by atoms with Gasteiger partial charge in [-0.05, 0) is 34.1 Å². The van der Waals surface area contributed by atoms with Crippen LogP contribution in [0.2, 0.25) is 0 Å². The highest BCUT2D eigenvalue weighted by molar-refractivity contribution is 9.10. The molecule has 0 aliphatic carbocycles. The molecule has 2 rings (SSSR count). The minimum absolute atomic E-state index is 0.166. The van der Waals surface area contributed by atoms with E-state index in [1.807, 2.05) is 32.3 Å². The third-order valence-electron chi connectivity index (χ3n) is 2.45. The molecule has 0 saturated heterocycles. The van der Waals surface area contributed by atoms with Crippen LogP contribution in [0.15, 0.2) is 22.7 Å². The molecule has 0 bridgehead atoms. The van der Waals surface area contributed by atoms with Gasteiger partial charge in [0.05, 0.1) is 11.6 Å². The lowest BCUT2D eigenvalue weighted by atomic mass is 10.3. The SMILES string of the molecule is COc1ccc(Nc2nc(N)nc(N(C)C)n2)cc1Br. The molecule has 3 N–H and O–H groups in total. The topological polar surface area (TPSA) is 89.2 Å². The molecule has 20 heavy (non-hydrogen) atoms. The van der Waals surface area contributed by atoms with E-state index < -0.39 is 0 Å². The fourth-order valence-corrected chi connectivity index (χ4v) is 2.05. The van der Waals surface area contributed by atoms with Crippen LogP contribution >= 0.6 is 15.9 Å².